The van der Waals surface area contributed by atoms with Crippen molar-refractivity contribution in [2.45, 2.75) is 0 Å². The first-order valence-corrected chi connectivity index (χ1v) is 16.7. The van der Waals surface area contributed by atoms with Crippen molar-refractivity contribution in [2.24, 2.45) is 4.99 Å². The van der Waals surface area contributed by atoms with Gasteiger partial charge >= 0.3 is 0 Å². The third-order valence-electron chi connectivity index (χ3n) is 9.27. The van der Waals surface area contributed by atoms with Crippen LogP contribution in [-0.4, -0.2) is 20.8 Å². The summed E-state index contributed by atoms with van der Waals surface area (Å²) in [5, 5.41) is 13.6. The summed E-state index contributed by atoms with van der Waals surface area (Å²) < 4.78 is 4.73. The number of amidine groups is 2. The van der Waals surface area contributed by atoms with Crippen LogP contribution in [-0.2, 0) is 0 Å². The Bertz CT molecular complexity index is 2610. The van der Waals surface area contributed by atoms with Crippen LogP contribution in [0.1, 0.15) is 11.1 Å². The number of hydrazine groups is 1. The van der Waals surface area contributed by atoms with Gasteiger partial charge in [0.2, 0.25) is 0 Å². The van der Waals surface area contributed by atoms with Crippen molar-refractivity contribution >= 4 is 61.0 Å². The fourth-order valence-corrected chi connectivity index (χ4v) is 7.05. The van der Waals surface area contributed by atoms with Crippen LogP contribution >= 0.6 is 0 Å². The number of nitrogens with zero attached hydrogens (tertiary/aromatic N) is 3. The van der Waals surface area contributed by atoms with Crippen LogP contribution in [0.4, 0.5) is 5.69 Å². The molecule has 9 aromatic rings. The smallest absolute Gasteiger partial charge is 0.154 e. The molecular formula is C44H32N6. The summed E-state index contributed by atoms with van der Waals surface area (Å²) in [5.41, 5.74) is 15.9. The zero-order valence-corrected chi connectivity index (χ0v) is 27.1. The average Bonchev–Trinajstić information content (AvgIpc) is 3.70. The minimum absolute atomic E-state index is 0.167. The van der Waals surface area contributed by atoms with Crippen molar-refractivity contribution in [1.29, 1.82) is 5.41 Å². The topological polar surface area (TPSA) is 70.1 Å². The second kappa shape index (κ2) is 12.3. The molecule has 50 heavy (non-hydrogen) atoms. The molecule has 0 aliphatic rings. The molecular weight excluding hydrogens is 613 g/mol. The highest BCUT2D eigenvalue weighted by Gasteiger charge is 2.22. The molecule has 6 heteroatoms. The second-order valence-corrected chi connectivity index (χ2v) is 12.2. The minimum atomic E-state index is 0.167. The molecule has 3 N–H and O–H groups in total. The number of aliphatic imine (C=N–C) groups is 1. The van der Waals surface area contributed by atoms with E-state index in [2.05, 4.69) is 135 Å². The van der Waals surface area contributed by atoms with E-state index in [0.717, 1.165) is 50.3 Å². The molecule has 0 saturated heterocycles. The molecule has 0 aliphatic heterocycles. The minimum Gasteiger partial charge on any atom is -0.307 e. The molecule has 0 atom stereocenters. The Labute approximate surface area is 289 Å². The number of rotatable bonds is 6. The van der Waals surface area contributed by atoms with E-state index in [0.29, 0.717) is 5.84 Å². The second-order valence-electron chi connectivity index (χ2n) is 12.2. The van der Waals surface area contributed by atoms with Gasteiger partial charge < -0.3 is 9.13 Å². The first-order valence-electron chi connectivity index (χ1n) is 16.7. The molecule has 0 aliphatic carbocycles. The Morgan fingerprint density at radius 2 is 0.880 bits per heavy atom. The predicted octanol–water partition coefficient (Wildman–Crippen LogP) is 10.3. The average molecular weight is 645 g/mol. The van der Waals surface area contributed by atoms with E-state index in [1.807, 2.05) is 60.7 Å². The van der Waals surface area contributed by atoms with Gasteiger partial charge in [-0.25, -0.2) is 4.99 Å². The summed E-state index contributed by atoms with van der Waals surface area (Å²) in [6.07, 6.45) is 0. The maximum Gasteiger partial charge on any atom is 0.154 e. The maximum atomic E-state index is 8.85. The standard InChI is InChI=1S/C44H32N6/c45-43(30-16-3-1-4-17-30)46-44(31-18-5-2-6-19-31)48-47-36-24-15-29-41(49-37-25-11-7-20-32(37)33-21-8-12-26-38(33)49)42(36)50-39-27-13-9-22-34(39)35-23-10-14-28-40(35)50/h1-29,47H,(H2,45,46,48). The number of hydrogen-bond donors (Lipinski definition) is 3. The summed E-state index contributed by atoms with van der Waals surface area (Å²) in [6.45, 7) is 0. The lowest BCUT2D eigenvalue weighted by Crippen LogP contribution is -2.32. The van der Waals surface area contributed by atoms with Gasteiger partial charge in [-0.3, -0.25) is 16.3 Å². The highest BCUT2D eigenvalue weighted by atomic mass is 15.4. The van der Waals surface area contributed by atoms with Crippen molar-refractivity contribution in [2.75, 3.05) is 5.43 Å². The molecule has 0 bridgehead atoms. The van der Waals surface area contributed by atoms with Crippen molar-refractivity contribution in [3.05, 3.63) is 187 Å². The van der Waals surface area contributed by atoms with Crippen molar-refractivity contribution in [1.82, 2.24) is 14.6 Å². The Morgan fingerprint density at radius 1 is 0.440 bits per heavy atom. The van der Waals surface area contributed by atoms with Crippen LogP contribution in [0, 0.1) is 5.41 Å². The Hall–Kier alpha value is -6.92. The molecule has 7 aromatic carbocycles. The summed E-state index contributed by atoms with van der Waals surface area (Å²) in [5.74, 6) is 0.704. The zero-order chi connectivity index (χ0) is 33.4. The number of benzene rings is 7. The summed E-state index contributed by atoms with van der Waals surface area (Å²) >= 11 is 0. The van der Waals surface area contributed by atoms with Crippen LogP contribution in [0.15, 0.2) is 181 Å². The zero-order valence-electron chi connectivity index (χ0n) is 27.1. The third kappa shape index (κ3) is 4.90. The Morgan fingerprint density at radius 3 is 1.40 bits per heavy atom. The molecule has 0 radical (unpaired) electrons. The normalized spacial score (nSPS) is 11.8. The van der Waals surface area contributed by atoms with Crippen LogP contribution in [0.3, 0.4) is 0 Å². The quantitative estimate of drug-likeness (QED) is 0.0958. The van der Waals surface area contributed by atoms with Gasteiger partial charge in [-0.15, -0.1) is 0 Å². The molecule has 0 amide bonds. The number of aromatic nitrogens is 2. The number of nitrogens with one attached hydrogen (secondary N) is 3. The molecule has 238 valence electrons. The molecule has 6 nitrogen and oxygen atoms in total. The summed E-state index contributed by atoms with van der Waals surface area (Å²) in [7, 11) is 0. The van der Waals surface area contributed by atoms with Gasteiger partial charge in [0.05, 0.1) is 39.1 Å². The Kier molecular flexibility index (Phi) is 7.17. The predicted molar refractivity (Wildman–Crippen MR) is 208 cm³/mol. The van der Waals surface area contributed by atoms with Gasteiger partial charge in [-0.2, -0.15) is 0 Å². The molecule has 0 saturated carbocycles. The van der Waals surface area contributed by atoms with E-state index in [9.17, 15) is 0 Å². The van der Waals surface area contributed by atoms with Gasteiger partial charge in [0.25, 0.3) is 0 Å². The largest absolute Gasteiger partial charge is 0.307 e. The van der Waals surface area contributed by atoms with Gasteiger partial charge in [0.1, 0.15) is 0 Å². The summed E-state index contributed by atoms with van der Waals surface area (Å²) in [4.78, 5) is 4.79. The van der Waals surface area contributed by atoms with E-state index in [-0.39, 0.29) is 5.84 Å². The van der Waals surface area contributed by atoms with Crippen LogP contribution < -0.4 is 10.9 Å². The summed E-state index contributed by atoms with van der Waals surface area (Å²) in [6, 6.07) is 60.2. The van der Waals surface area contributed by atoms with E-state index < -0.39 is 0 Å². The SMILES string of the molecule is N=C(N=C(NNc1cccc(-n2c3ccccc3c3ccccc32)c1-n1c2ccccc2c2ccccc21)c1ccccc1)c1ccccc1. The van der Waals surface area contributed by atoms with Gasteiger partial charge in [0.15, 0.2) is 11.7 Å². The maximum absolute atomic E-state index is 8.85. The fraction of sp³-hybridized carbons (Fsp3) is 0. The number of fused-ring (bicyclic) bond motifs is 6. The highest BCUT2D eigenvalue weighted by molar-refractivity contribution is 6.13. The number of hydrogen-bond acceptors (Lipinski definition) is 2. The Balaban J connectivity index is 1.29. The number of anilines is 1. The van der Waals surface area contributed by atoms with Crippen LogP contribution in [0.2, 0.25) is 0 Å². The molecule has 9 rings (SSSR count). The van der Waals surface area contributed by atoms with Gasteiger partial charge in [-0.1, -0.05) is 140 Å². The fourth-order valence-electron chi connectivity index (χ4n) is 7.05. The molecule has 0 unspecified atom stereocenters. The van der Waals surface area contributed by atoms with Crippen molar-refractivity contribution < 1.29 is 0 Å². The monoisotopic (exact) mass is 644 g/mol. The van der Waals surface area contributed by atoms with E-state index in [1.54, 1.807) is 0 Å². The third-order valence-corrected chi connectivity index (χ3v) is 9.27. The lowest BCUT2D eigenvalue weighted by atomic mass is 10.2. The first-order chi connectivity index (χ1) is 24.8. The van der Waals surface area contributed by atoms with Gasteiger partial charge in [-0.05, 0) is 36.4 Å². The molecule has 0 spiro atoms. The van der Waals surface area contributed by atoms with E-state index in [4.69, 9.17) is 10.4 Å². The van der Waals surface area contributed by atoms with Crippen LogP contribution in [0.25, 0.3) is 55.0 Å². The first kappa shape index (κ1) is 29.2. The number of para-hydroxylation sites is 5. The van der Waals surface area contributed by atoms with Gasteiger partial charge in [0, 0.05) is 32.7 Å². The van der Waals surface area contributed by atoms with E-state index in [1.165, 1.54) is 21.5 Å². The van der Waals surface area contributed by atoms with Crippen molar-refractivity contribution in [3.63, 3.8) is 0 Å². The molecule has 2 heterocycles. The van der Waals surface area contributed by atoms with Crippen LogP contribution in [0.5, 0.6) is 0 Å². The highest BCUT2D eigenvalue weighted by Crippen LogP contribution is 2.40. The van der Waals surface area contributed by atoms with E-state index >= 15 is 0 Å². The lowest BCUT2D eigenvalue weighted by molar-refractivity contribution is 1.06. The molecule has 2 aromatic heterocycles. The molecule has 0 fully saturated rings. The lowest BCUT2D eigenvalue weighted by Gasteiger charge is -2.22. The van der Waals surface area contributed by atoms with Crippen molar-refractivity contribution in [3.8, 4) is 11.4 Å².